The van der Waals surface area contributed by atoms with E-state index >= 15 is 0 Å². The number of ether oxygens (including phenoxy) is 3. The molecular formula is C34H38N2O5. The predicted octanol–water partition coefficient (Wildman–Crippen LogP) is 7.05. The summed E-state index contributed by atoms with van der Waals surface area (Å²) in [5.41, 5.74) is 3.45. The molecule has 1 saturated heterocycles. The van der Waals surface area contributed by atoms with Crippen LogP contribution >= 0.6 is 0 Å². The Morgan fingerprint density at radius 2 is 1.56 bits per heavy atom. The Kier molecular flexibility index (Phi) is 8.74. The topological polar surface area (TPSA) is 77.1 Å². The summed E-state index contributed by atoms with van der Waals surface area (Å²) in [7, 11) is 0. The third-order valence-electron chi connectivity index (χ3n) is 7.45. The quantitative estimate of drug-likeness (QED) is 0.183. The van der Waals surface area contributed by atoms with Crippen molar-refractivity contribution in [2.75, 3.05) is 18.4 Å². The second kappa shape index (κ2) is 12.6. The molecule has 7 heteroatoms. The molecule has 0 spiro atoms. The average Bonchev–Trinajstić information content (AvgIpc) is 3.47. The van der Waals surface area contributed by atoms with Gasteiger partial charge in [-0.1, -0.05) is 60.7 Å². The first kappa shape index (κ1) is 28.4. The first-order valence-electron chi connectivity index (χ1n) is 14.2. The number of anilines is 1. The van der Waals surface area contributed by atoms with Crippen LogP contribution in [0.4, 0.5) is 10.5 Å². The van der Waals surface area contributed by atoms with Gasteiger partial charge in [0.2, 0.25) is 0 Å². The summed E-state index contributed by atoms with van der Waals surface area (Å²) in [5.74, 6) is 1.29. The predicted molar refractivity (Wildman–Crippen MR) is 159 cm³/mol. The number of fused-ring (bicyclic) bond motifs is 1. The van der Waals surface area contributed by atoms with Crippen molar-refractivity contribution in [1.82, 2.24) is 4.90 Å². The smallest absolute Gasteiger partial charge is 0.411 e. The molecule has 3 aromatic rings. The standard InChI is InChI=1S/C34H38N2O5/c1-34(2,3)41-32(37)17-18-39-28-15-13-24(14-16-28)21-36-22-26-19-29(20-27(26)23-36)40-33(38)35-31-12-8-7-11-30(31)25-9-5-4-6-10-25/h4-18,26-27,29H,19-23H2,1-3H3,(H,35,38)/b18-17+/t26-,27+,29+. The van der Waals surface area contributed by atoms with Crippen LogP contribution in [0.5, 0.6) is 5.75 Å². The number of benzene rings is 3. The number of para-hydroxylation sites is 1. The number of nitrogens with one attached hydrogen (secondary N) is 1. The average molecular weight is 555 g/mol. The number of carbonyl (C=O) groups is 2. The van der Waals surface area contributed by atoms with Crippen LogP contribution < -0.4 is 10.1 Å². The molecule has 7 nitrogen and oxygen atoms in total. The number of hydrogen-bond acceptors (Lipinski definition) is 6. The van der Waals surface area contributed by atoms with Gasteiger partial charge in [-0.25, -0.2) is 9.59 Å². The molecule has 0 bridgehead atoms. The highest BCUT2D eigenvalue weighted by Gasteiger charge is 2.42. The molecule has 3 atom stereocenters. The van der Waals surface area contributed by atoms with Crippen molar-refractivity contribution in [2.45, 2.75) is 51.9 Å². The molecule has 1 heterocycles. The molecule has 1 aliphatic carbocycles. The van der Waals surface area contributed by atoms with E-state index in [0.29, 0.717) is 17.6 Å². The Balaban J connectivity index is 1.06. The highest BCUT2D eigenvalue weighted by Crippen LogP contribution is 2.40. The maximum absolute atomic E-state index is 12.8. The van der Waals surface area contributed by atoms with Gasteiger partial charge in [0, 0.05) is 25.2 Å². The van der Waals surface area contributed by atoms with Crippen LogP contribution in [0.15, 0.2) is 91.2 Å². The molecule has 1 amide bonds. The van der Waals surface area contributed by atoms with Gasteiger partial charge >= 0.3 is 12.1 Å². The summed E-state index contributed by atoms with van der Waals surface area (Å²) < 4.78 is 16.6. The minimum atomic E-state index is -0.532. The van der Waals surface area contributed by atoms with Gasteiger partial charge in [-0.05, 0) is 74.8 Å². The van der Waals surface area contributed by atoms with Gasteiger partial charge in [0.25, 0.3) is 0 Å². The Morgan fingerprint density at radius 3 is 2.24 bits per heavy atom. The fraction of sp³-hybridized carbons (Fsp3) is 0.353. The molecule has 2 aliphatic rings. The van der Waals surface area contributed by atoms with Crippen molar-refractivity contribution < 1.29 is 23.8 Å². The van der Waals surface area contributed by atoms with Gasteiger partial charge in [0.1, 0.15) is 17.5 Å². The van der Waals surface area contributed by atoms with Crippen LogP contribution in [0, 0.1) is 11.8 Å². The van der Waals surface area contributed by atoms with Crippen LogP contribution in [-0.4, -0.2) is 41.8 Å². The van der Waals surface area contributed by atoms with Crippen LogP contribution in [-0.2, 0) is 20.8 Å². The van der Waals surface area contributed by atoms with Crippen LogP contribution in [0.1, 0.15) is 39.2 Å². The van der Waals surface area contributed by atoms with E-state index in [4.69, 9.17) is 14.2 Å². The molecule has 0 unspecified atom stereocenters. The van der Waals surface area contributed by atoms with E-state index < -0.39 is 17.7 Å². The van der Waals surface area contributed by atoms with Gasteiger partial charge < -0.3 is 14.2 Å². The Bertz CT molecular complexity index is 1350. The molecule has 1 saturated carbocycles. The Morgan fingerprint density at radius 1 is 0.902 bits per heavy atom. The normalized spacial score (nSPS) is 20.5. The SMILES string of the molecule is CC(C)(C)OC(=O)/C=C/Oc1ccc(CN2C[C@H]3C[C@H](OC(=O)Nc4ccccc4-c4ccccc4)C[C@H]3C2)cc1. The van der Waals surface area contributed by atoms with E-state index in [2.05, 4.69) is 10.2 Å². The molecule has 2 fully saturated rings. The zero-order valence-electron chi connectivity index (χ0n) is 23.9. The lowest BCUT2D eigenvalue weighted by atomic mass is 10.0. The summed E-state index contributed by atoms with van der Waals surface area (Å²) in [6.07, 6.45) is 3.98. The molecule has 3 aromatic carbocycles. The fourth-order valence-electron chi connectivity index (χ4n) is 5.75. The van der Waals surface area contributed by atoms with Crippen molar-refractivity contribution in [2.24, 2.45) is 11.8 Å². The monoisotopic (exact) mass is 554 g/mol. The first-order valence-corrected chi connectivity index (χ1v) is 14.2. The van der Waals surface area contributed by atoms with Gasteiger partial charge in [0.15, 0.2) is 0 Å². The van der Waals surface area contributed by atoms with Gasteiger partial charge in [0.05, 0.1) is 18.0 Å². The zero-order valence-corrected chi connectivity index (χ0v) is 23.9. The lowest BCUT2D eigenvalue weighted by molar-refractivity contribution is -0.148. The van der Waals surface area contributed by atoms with Crippen molar-refractivity contribution >= 4 is 17.7 Å². The molecule has 1 aliphatic heterocycles. The maximum Gasteiger partial charge on any atom is 0.411 e. The van der Waals surface area contributed by atoms with E-state index in [1.54, 1.807) is 0 Å². The number of hydrogen-bond donors (Lipinski definition) is 1. The van der Waals surface area contributed by atoms with Crippen molar-refractivity contribution in [3.05, 3.63) is 96.8 Å². The van der Waals surface area contributed by atoms with Crippen LogP contribution in [0.25, 0.3) is 11.1 Å². The van der Waals surface area contributed by atoms with Gasteiger partial charge in [-0.2, -0.15) is 0 Å². The molecule has 0 radical (unpaired) electrons. The second-order valence-corrected chi connectivity index (χ2v) is 11.8. The van der Waals surface area contributed by atoms with Crippen molar-refractivity contribution in [3.63, 3.8) is 0 Å². The Hall–Kier alpha value is -4.10. The van der Waals surface area contributed by atoms with Crippen molar-refractivity contribution in [1.29, 1.82) is 0 Å². The number of rotatable bonds is 8. The van der Waals surface area contributed by atoms with E-state index in [9.17, 15) is 9.59 Å². The number of amides is 1. The summed E-state index contributed by atoms with van der Waals surface area (Å²) in [6, 6.07) is 25.7. The Labute approximate surface area is 242 Å². The number of nitrogens with zero attached hydrogens (tertiary/aromatic N) is 1. The third-order valence-corrected chi connectivity index (χ3v) is 7.45. The lowest BCUT2D eigenvalue weighted by Crippen LogP contribution is -2.25. The highest BCUT2D eigenvalue weighted by molar-refractivity contribution is 5.91. The minimum Gasteiger partial charge on any atom is -0.465 e. The van der Waals surface area contributed by atoms with E-state index in [0.717, 1.165) is 49.3 Å². The van der Waals surface area contributed by atoms with Gasteiger partial charge in [-0.15, -0.1) is 0 Å². The van der Waals surface area contributed by atoms with Gasteiger partial charge in [-0.3, -0.25) is 10.2 Å². The highest BCUT2D eigenvalue weighted by atomic mass is 16.6. The molecule has 5 rings (SSSR count). The maximum atomic E-state index is 12.8. The van der Waals surface area contributed by atoms with E-state index in [1.807, 2.05) is 99.6 Å². The summed E-state index contributed by atoms with van der Waals surface area (Å²) in [4.78, 5) is 27.0. The molecule has 1 N–H and O–H groups in total. The molecular weight excluding hydrogens is 516 g/mol. The summed E-state index contributed by atoms with van der Waals surface area (Å²) in [5, 5.41) is 2.97. The molecule has 0 aromatic heterocycles. The largest absolute Gasteiger partial charge is 0.465 e. The number of likely N-dealkylation sites (tertiary alicyclic amines) is 1. The first-order chi connectivity index (χ1) is 19.7. The zero-order chi connectivity index (χ0) is 28.8. The fourth-order valence-corrected chi connectivity index (χ4v) is 5.75. The van der Waals surface area contributed by atoms with Crippen molar-refractivity contribution in [3.8, 4) is 16.9 Å². The van der Waals surface area contributed by atoms with Crippen LogP contribution in [0.2, 0.25) is 0 Å². The number of esters is 1. The molecule has 214 valence electrons. The number of carbonyl (C=O) groups excluding carboxylic acids is 2. The summed E-state index contributed by atoms with van der Waals surface area (Å²) >= 11 is 0. The third kappa shape index (κ3) is 7.98. The summed E-state index contributed by atoms with van der Waals surface area (Å²) in [6.45, 7) is 8.34. The van der Waals surface area contributed by atoms with E-state index in [1.165, 1.54) is 17.9 Å². The minimum absolute atomic E-state index is 0.0544. The second-order valence-electron chi connectivity index (χ2n) is 11.8. The lowest BCUT2D eigenvalue weighted by Gasteiger charge is -2.20. The molecule has 41 heavy (non-hydrogen) atoms. The van der Waals surface area contributed by atoms with Crippen LogP contribution in [0.3, 0.4) is 0 Å². The van der Waals surface area contributed by atoms with E-state index in [-0.39, 0.29) is 6.10 Å².